The summed E-state index contributed by atoms with van der Waals surface area (Å²) in [6.07, 6.45) is 2.08. The van der Waals surface area contributed by atoms with Crippen LogP contribution in [0.1, 0.15) is 17.7 Å². The van der Waals surface area contributed by atoms with Crippen molar-refractivity contribution in [2.24, 2.45) is 0 Å². The highest BCUT2D eigenvalue weighted by atomic mass is 35.5. The van der Waals surface area contributed by atoms with Crippen LogP contribution in [-0.4, -0.2) is 15.8 Å². The monoisotopic (exact) mass is 224 g/mol. The van der Waals surface area contributed by atoms with Gasteiger partial charge in [-0.05, 0) is 6.92 Å². The third kappa shape index (κ3) is 3.22. The van der Waals surface area contributed by atoms with Gasteiger partial charge in [-0.3, -0.25) is 15.1 Å². The summed E-state index contributed by atoms with van der Waals surface area (Å²) in [5, 5.41) is 10.6. The van der Waals surface area contributed by atoms with E-state index in [1.54, 1.807) is 6.92 Å². The maximum Gasteiger partial charge on any atom is 0.291 e. The summed E-state index contributed by atoms with van der Waals surface area (Å²) < 4.78 is 0. The van der Waals surface area contributed by atoms with E-state index in [0.29, 0.717) is 23.6 Å². The number of hydrogen-bond donors (Lipinski definition) is 0. The molecule has 0 aliphatic rings. The molecular weight excluding hydrogens is 216 g/mol. The van der Waals surface area contributed by atoms with Gasteiger partial charge in [0.25, 0.3) is 5.69 Å². The number of aromatic nitrogens is 1. The van der Waals surface area contributed by atoms with Gasteiger partial charge in [0.05, 0.1) is 4.92 Å². The molecule has 0 aromatic carbocycles. The molecule has 0 spiro atoms. The molecule has 0 aliphatic carbocycles. The normalized spacial score (nSPS) is 9.20. The van der Waals surface area contributed by atoms with E-state index in [2.05, 4.69) is 16.8 Å². The van der Waals surface area contributed by atoms with Crippen molar-refractivity contribution < 1.29 is 4.92 Å². The van der Waals surface area contributed by atoms with E-state index in [0.717, 1.165) is 0 Å². The van der Waals surface area contributed by atoms with E-state index >= 15 is 0 Å². The molecule has 4 nitrogen and oxygen atoms in total. The maximum absolute atomic E-state index is 10.6. The Hall–Kier alpha value is -1.60. The summed E-state index contributed by atoms with van der Waals surface area (Å²) in [5.41, 5.74) is 0.924. The molecule has 0 unspecified atom stereocenters. The summed E-state index contributed by atoms with van der Waals surface area (Å²) in [5.74, 6) is 6.01. The number of pyridine rings is 1. The van der Waals surface area contributed by atoms with Gasteiger partial charge >= 0.3 is 0 Å². The van der Waals surface area contributed by atoms with Crippen LogP contribution in [0.5, 0.6) is 0 Å². The molecule has 1 heterocycles. The molecule has 0 saturated carbocycles. The lowest BCUT2D eigenvalue weighted by molar-refractivity contribution is -0.385. The molecule has 0 fully saturated rings. The van der Waals surface area contributed by atoms with Gasteiger partial charge < -0.3 is 0 Å². The quantitative estimate of drug-likeness (QED) is 0.335. The van der Waals surface area contributed by atoms with Crippen molar-refractivity contribution in [2.75, 3.05) is 5.88 Å². The molecule has 1 aromatic rings. The second-order valence-corrected chi connectivity index (χ2v) is 3.20. The molecule has 0 N–H and O–H groups in total. The minimum absolute atomic E-state index is 0.00678. The average molecular weight is 225 g/mol. The van der Waals surface area contributed by atoms with Crippen LogP contribution >= 0.6 is 11.6 Å². The Morgan fingerprint density at radius 2 is 2.40 bits per heavy atom. The highest BCUT2D eigenvalue weighted by molar-refractivity contribution is 6.18. The van der Waals surface area contributed by atoms with Gasteiger partial charge in [-0.15, -0.1) is 11.6 Å². The molecule has 5 heteroatoms. The second-order valence-electron chi connectivity index (χ2n) is 2.83. The van der Waals surface area contributed by atoms with Gasteiger partial charge in [0.2, 0.25) is 0 Å². The summed E-state index contributed by atoms with van der Waals surface area (Å²) in [7, 11) is 0. The molecular formula is C10H9ClN2O2. The number of aryl methyl sites for hydroxylation is 1. The summed E-state index contributed by atoms with van der Waals surface area (Å²) >= 11 is 5.45. The van der Waals surface area contributed by atoms with Crippen LogP contribution in [0.15, 0.2) is 12.3 Å². The van der Waals surface area contributed by atoms with Crippen LogP contribution in [0.2, 0.25) is 0 Å². The van der Waals surface area contributed by atoms with Crippen LogP contribution in [0.3, 0.4) is 0 Å². The third-order valence-electron chi connectivity index (χ3n) is 1.71. The van der Waals surface area contributed by atoms with E-state index in [9.17, 15) is 10.1 Å². The van der Waals surface area contributed by atoms with E-state index < -0.39 is 4.92 Å². The van der Waals surface area contributed by atoms with E-state index in [-0.39, 0.29) is 5.69 Å². The Morgan fingerprint density at radius 1 is 1.67 bits per heavy atom. The third-order valence-corrected chi connectivity index (χ3v) is 1.90. The SMILES string of the molecule is Cc1ncc(C#CCCCl)cc1[N+](=O)[O-]. The standard InChI is InChI=1S/C10H9ClN2O2/c1-8-10(13(14)15)6-9(7-12-8)4-2-3-5-11/h6-7H,3,5H2,1H3. The molecule has 15 heavy (non-hydrogen) atoms. The number of nitro groups is 1. The lowest BCUT2D eigenvalue weighted by atomic mass is 10.2. The first-order valence-corrected chi connectivity index (χ1v) is 4.84. The van der Waals surface area contributed by atoms with Crippen LogP contribution in [0.4, 0.5) is 5.69 Å². The van der Waals surface area contributed by atoms with E-state index in [4.69, 9.17) is 11.6 Å². The summed E-state index contributed by atoms with van der Waals surface area (Å²) in [6, 6.07) is 1.42. The molecule has 0 radical (unpaired) electrons. The number of hydrogen-bond acceptors (Lipinski definition) is 3. The van der Waals surface area contributed by atoms with E-state index in [1.807, 2.05) is 0 Å². The van der Waals surface area contributed by atoms with Gasteiger partial charge in [0, 0.05) is 30.1 Å². The van der Waals surface area contributed by atoms with Gasteiger partial charge in [0.15, 0.2) is 0 Å². The number of halogens is 1. The minimum atomic E-state index is -0.463. The fourth-order valence-electron chi connectivity index (χ4n) is 0.986. The Kier molecular flexibility index (Phi) is 4.07. The molecule has 0 amide bonds. The predicted molar refractivity (Wildman–Crippen MR) is 57.8 cm³/mol. The zero-order chi connectivity index (χ0) is 11.3. The molecule has 0 atom stereocenters. The fraction of sp³-hybridized carbons (Fsp3) is 0.300. The van der Waals surface area contributed by atoms with Gasteiger partial charge in [-0.2, -0.15) is 0 Å². The molecule has 0 aliphatic heterocycles. The fourth-order valence-corrected chi connectivity index (χ4v) is 1.08. The van der Waals surface area contributed by atoms with E-state index in [1.165, 1.54) is 12.3 Å². The topological polar surface area (TPSA) is 56.0 Å². The average Bonchev–Trinajstić information content (AvgIpc) is 2.20. The lowest BCUT2D eigenvalue weighted by Gasteiger charge is -1.95. The van der Waals surface area contributed by atoms with Crippen molar-refractivity contribution in [3.63, 3.8) is 0 Å². The second kappa shape index (κ2) is 5.32. The summed E-state index contributed by atoms with van der Waals surface area (Å²) in [6.45, 7) is 1.59. The first-order valence-electron chi connectivity index (χ1n) is 4.31. The predicted octanol–water partition coefficient (Wildman–Crippen LogP) is 2.28. The summed E-state index contributed by atoms with van der Waals surface area (Å²) in [4.78, 5) is 14.0. The smallest absolute Gasteiger partial charge is 0.258 e. The van der Waals surface area contributed by atoms with Crippen LogP contribution in [0.25, 0.3) is 0 Å². The number of nitrogens with zero attached hydrogens (tertiary/aromatic N) is 2. The zero-order valence-corrected chi connectivity index (χ0v) is 8.91. The van der Waals surface area contributed by atoms with Gasteiger partial charge in [-0.25, -0.2) is 0 Å². The van der Waals surface area contributed by atoms with Crippen molar-refractivity contribution in [3.8, 4) is 11.8 Å². The number of rotatable bonds is 2. The maximum atomic E-state index is 10.6. The minimum Gasteiger partial charge on any atom is -0.258 e. The van der Waals surface area contributed by atoms with Crippen LogP contribution < -0.4 is 0 Å². The van der Waals surface area contributed by atoms with Crippen LogP contribution in [-0.2, 0) is 0 Å². The molecule has 0 bridgehead atoms. The lowest BCUT2D eigenvalue weighted by Crippen LogP contribution is -1.94. The number of alkyl halides is 1. The van der Waals surface area contributed by atoms with Crippen LogP contribution in [0, 0.1) is 28.9 Å². The molecule has 78 valence electrons. The Labute approximate surface area is 92.4 Å². The molecule has 1 rings (SSSR count). The highest BCUT2D eigenvalue weighted by Crippen LogP contribution is 2.15. The largest absolute Gasteiger partial charge is 0.291 e. The van der Waals surface area contributed by atoms with Gasteiger partial charge in [0.1, 0.15) is 5.69 Å². The van der Waals surface area contributed by atoms with Crippen molar-refractivity contribution in [1.82, 2.24) is 4.98 Å². The Balaban J connectivity index is 2.99. The molecule has 1 aromatic heterocycles. The zero-order valence-electron chi connectivity index (χ0n) is 8.16. The first kappa shape index (κ1) is 11.5. The van der Waals surface area contributed by atoms with Crippen molar-refractivity contribution in [3.05, 3.63) is 33.6 Å². The van der Waals surface area contributed by atoms with Crippen molar-refractivity contribution in [1.29, 1.82) is 0 Å². The van der Waals surface area contributed by atoms with Crippen molar-refractivity contribution >= 4 is 17.3 Å². The van der Waals surface area contributed by atoms with Crippen molar-refractivity contribution in [2.45, 2.75) is 13.3 Å². The Bertz CT molecular complexity index is 435. The molecule has 0 saturated heterocycles. The Morgan fingerprint density at radius 3 is 3.00 bits per heavy atom. The highest BCUT2D eigenvalue weighted by Gasteiger charge is 2.11. The van der Waals surface area contributed by atoms with Gasteiger partial charge in [-0.1, -0.05) is 11.8 Å². The first-order chi connectivity index (χ1) is 7.15.